The van der Waals surface area contributed by atoms with Crippen molar-refractivity contribution in [3.05, 3.63) is 53.6 Å². The van der Waals surface area contributed by atoms with Crippen LogP contribution in [-0.2, 0) is 19.5 Å². The van der Waals surface area contributed by atoms with Crippen LogP contribution in [0.2, 0.25) is 0 Å². The highest BCUT2D eigenvalue weighted by Gasteiger charge is 2.23. The predicted molar refractivity (Wildman–Crippen MR) is 115 cm³/mol. The van der Waals surface area contributed by atoms with Gasteiger partial charge in [-0.05, 0) is 60.0 Å². The quantitative estimate of drug-likeness (QED) is 0.139. The van der Waals surface area contributed by atoms with Crippen LogP contribution in [-0.4, -0.2) is 25.3 Å². The van der Waals surface area contributed by atoms with Gasteiger partial charge in [0.2, 0.25) is 0 Å². The molecule has 0 bridgehead atoms. The fourth-order valence-electron chi connectivity index (χ4n) is 3.19. The fraction of sp³-hybridized carbons (Fsp3) is 0.158. The minimum Gasteiger partial charge on any atom is -0.282 e. The van der Waals surface area contributed by atoms with Gasteiger partial charge in [-0.3, -0.25) is 4.55 Å². The van der Waals surface area contributed by atoms with Crippen LogP contribution < -0.4 is 0 Å². The number of azo groups is 2. The Labute approximate surface area is 182 Å². The highest BCUT2D eigenvalue weighted by Crippen LogP contribution is 2.44. The Kier molecular flexibility index (Phi) is 7.10. The molecule has 3 aromatic carbocycles. The predicted octanol–water partition coefficient (Wildman–Crippen LogP) is 6.26. The Morgan fingerprint density at radius 3 is 2.26 bits per heavy atom. The molecule has 2 N–H and O–H groups in total. The van der Waals surface area contributed by atoms with Gasteiger partial charge in [0.15, 0.2) is 0 Å². The van der Waals surface area contributed by atoms with Crippen LogP contribution >= 0.6 is 12.0 Å². The lowest BCUT2D eigenvalue weighted by Gasteiger charge is -2.15. The monoisotopic (exact) mass is 462 g/mol. The molecule has 0 aliphatic carbocycles. The first-order chi connectivity index (χ1) is 14.8. The van der Waals surface area contributed by atoms with E-state index >= 15 is 0 Å². The molecule has 0 saturated carbocycles. The summed E-state index contributed by atoms with van der Waals surface area (Å²) in [5.41, 5.74) is 2.20. The third-order valence-corrected chi connectivity index (χ3v) is 5.93. The second-order valence-electron chi connectivity index (χ2n) is 6.33. The van der Waals surface area contributed by atoms with Crippen molar-refractivity contribution in [3.8, 4) is 0 Å². The van der Waals surface area contributed by atoms with Crippen molar-refractivity contribution in [1.82, 2.24) is 0 Å². The van der Waals surface area contributed by atoms with E-state index in [2.05, 4.69) is 29.8 Å². The molecule has 162 valence electrons. The van der Waals surface area contributed by atoms with Crippen LogP contribution in [0.1, 0.15) is 11.1 Å². The molecule has 0 aliphatic heterocycles. The van der Waals surface area contributed by atoms with Crippen LogP contribution in [0.15, 0.2) is 72.7 Å². The highest BCUT2D eigenvalue weighted by atomic mass is 32.2. The Morgan fingerprint density at radius 2 is 1.65 bits per heavy atom. The number of nitrogens with zero attached hydrogens (tertiary/aromatic N) is 4. The lowest BCUT2D eigenvalue weighted by Crippen LogP contribution is -2.01. The van der Waals surface area contributed by atoms with Crippen molar-refractivity contribution in [2.24, 2.45) is 20.5 Å². The molecule has 3 rings (SSSR count). The van der Waals surface area contributed by atoms with Crippen molar-refractivity contribution in [2.45, 2.75) is 23.6 Å². The number of fused-ring (bicyclic) bond motifs is 1. The summed E-state index contributed by atoms with van der Waals surface area (Å²) in [6, 6.07) is 11.9. The summed E-state index contributed by atoms with van der Waals surface area (Å²) in [5.74, 6) is 0. The van der Waals surface area contributed by atoms with Gasteiger partial charge in [-0.1, -0.05) is 23.2 Å². The zero-order valence-corrected chi connectivity index (χ0v) is 18.3. The van der Waals surface area contributed by atoms with E-state index in [9.17, 15) is 13.0 Å². The summed E-state index contributed by atoms with van der Waals surface area (Å²) in [4.78, 5) is 0.0146. The molecule has 12 heteroatoms. The van der Waals surface area contributed by atoms with Crippen molar-refractivity contribution < 1.29 is 27.6 Å². The standard InChI is InChI=1S/C19H18N4O6S2/c1-11-17-12(2)19(22-20-3)16(31(25,26)27)10-13(17)9-15(30-29-28-24)18(11)23-21-14-7-5-4-6-8-14/h4-10,24H,1-3H3,(H,25,26,27). The molecular weight excluding hydrogens is 444 g/mol. The summed E-state index contributed by atoms with van der Waals surface area (Å²) >= 11 is 0.665. The van der Waals surface area contributed by atoms with Crippen LogP contribution in [0.3, 0.4) is 0 Å². The SMILES string of the molecule is CN=Nc1c(S(=O)(=O)O)cc2cc(SOOO)c(N=Nc3ccccc3)c(C)c2c1C. The molecule has 0 aliphatic rings. The highest BCUT2D eigenvalue weighted by molar-refractivity contribution is 7.94. The van der Waals surface area contributed by atoms with Gasteiger partial charge in [0.1, 0.15) is 16.3 Å². The Hall–Kier alpha value is -2.74. The maximum Gasteiger partial charge on any atom is 0.296 e. The molecule has 10 nitrogen and oxygen atoms in total. The van der Waals surface area contributed by atoms with Crippen LogP contribution in [0, 0.1) is 13.8 Å². The van der Waals surface area contributed by atoms with E-state index in [1.54, 1.807) is 32.0 Å². The van der Waals surface area contributed by atoms with Gasteiger partial charge >= 0.3 is 0 Å². The van der Waals surface area contributed by atoms with E-state index in [0.717, 1.165) is 0 Å². The molecule has 0 atom stereocenters. The van der Waals surface area contributed by atoms with Crippen LogP contribution in [0.4, 0.5) is 17.1 Å². The average Bonchev–Trinajstić information content (AvgIpc) is 2.73. The summed E-state index contributed by atoms with van der Waals surface area (Å²) in [5, 5.41) is 29.5. The van der Waals surface area contributed by atoms with Gasteiger partial charge in [0.05, 0.1) is 22.6 Å². The van der Waals surface area contributed by atoms with Crippen molar-refractivity contribution in [3.63, 3.8) is 0 Å². The molecule has 0 fully saturated rings. The summed E-state index contributed by atoms with van der Waals surface area (Å²) in [7, 11) is -3.17. The molecule has 31 heavy (non-hydrogen) atoms. The molecule has 0 amide bonds. The van der Waals surface area contributed by atoms with E-state index in [1.165, 1.54) is 13.1 Å². The van der Waals surface area contributed by atoms with Gasteiger partial charge in [-0.15, -0.1) is 9.45 Å². The van der Waals surface area contributed by atoms with Gasteiger partial charge in [0, 0.05) is 7.05 Å². The molecular formula is C19H18N4O6S2. The molecule has 0 unspecified atom stereocenters. The maximum absolute atomic E-state index is 11.9. The molecule has 0 heterocycles. The number of rotatable bonds is 7. The molecule has 3 aromatic rings. The Morgan fingerprint density at radius 1 is 0.968 bits per heavy atom. The largest absolute Gasteiger partial charge is 0.296 e. The van der Waals surface area contributed by atoms with Gasteiger partial charge in [-0.25, -0.2) is 5.26 Å². The molecule has 0 radical (unpaired) electrons. The van der Waals surface area contributed by atoms with Gasteiger partial charge in [-0.2, -0.15) is 23.8 Å². The van der Waals surface area contributed by atoms with E-state index in [4.69, 9.17) is 5.26 Å². The molecule has 0 aromatic heterocycles. The van der Waals surface area contributed by atoms with Crippen LogP contribution in [0.5, 0.6) is 0 Å². The normalized spacial score (nSPS) is 12.4. The summed E-state index contributed by atoms with van der Waals surface area (Å²) in [6.45, 7) is 3.45. The molecule has 0 spiro atoms. The van der Waals surface area contributed by atoms with E-state index < -0.39 is 10.1 Å². The average molecular weight is 463 g/mol. The topological polar surface area (TPSA) is 142 Å². The van der Waals surface area contributed by atoms with Gasteiger partial charge in [0.25, 0.3) is 10.1 Å². The van der Waals surface area contributed by atoms with Crippen molar-refractivity contribution >= 4 is 50.0 Å². The smallest absolute Gasteiger partial charge is 0.282 e. The Bertz CT molecular complexity index is 1280. The first kappa shape index (κ1) is 22.9. The minimum absolute atomic E-state index is 0.0295. The second-order valence-corrected chi connectivity index (χ2v) is 8.46. The second kappa shape index (κ2) is 9.60. The van der Waals surface area contributed by atoms with Crippen LogP contribution in [0.25, 0.3) is 10.8 Å². The summed E-state index contributed by atoms with van der Waals surface area (Å²) in [6.07, 6.45) is 0. The Balaban J connectivity index is 2.34. The zero-order chi connectivity index (χ0) is 22.6. The third-order valence-electron chi connectivity index (χ3n) is 4.44. The lowest BCUT2D eigenvalue weighted by atomic mass is 9.98. The third kappa shape index (κ3) is 4.95. The first-order valence-corrected chi connectivity index (χ1v) is 11.0. The fourth-order valence-corrected chi connectivity index (χ4v) is 4.45. The number of benzene rings is 3. The summed E-state index contributed by atoms with van der Waals surface area (Å²) < 4.78 is 38.1. The minimum atomic E-state index is -4.57. The van der Waals surface area contributed by atoms with E-state index in [1.807, 2.05) is 18.2 Å². The molecule has 0 saturated heterocycles. The van der Waals surface area contributed by atoms with E-state index in [-0.39, 0.29) is 10.6 Å². The first-order valence-electron chi connectivity index (χ1n) is 8.77. The number of hydrogen-bond donors (Lipinski definition) is 2. The zero-order valence-electron chi connectivity index (χ0n) is 16.7. The van der Waals surface area contributed by atoms with Crippen molar-refractivity contribution in [1.29, 1.82) is 0 Å². The van der Waals surface area contributed by atoms with Crippen molar-refractivity contribution in [2.75, 3.05) is 7.05 Å². The van der Waals surface area contributed by atoms with E-state index in [0.29, 0.717) is 50.2 Å². The lowest BCUT2D eigenvalue weighted by molar-refractivity contribution is -0.432. The number of aryl methyl sites for hydroxylation is 2. The number of hydrogen-bond acceptors (Lipinski definition) is 10. The maximum atomic E-state index is 11.9. The van der Waals surface area contributed by atoms with Gasteiger partial charge < -0.3 is 0 Å².